The second-order valence-electron chi connectivity index (χ2n) is 4.33. The Morgan fingerprint density at radius 3 is 3.00 bits per heavy atom. The van der Waals surface area contributed by atoms with Crippen LogP contribution in [0.4, 0.5) is 0 Å². The van der Waals surface area contributed by atoms with Gasteiger partial charge in [0.2, 0.25) is 0 Å². The Bertz CT molecular complexity index is 546. The van der Waals surface area contributed by atoms with Crippen molar-refractivity contribution in [3.05, 3.63) is 18.1 Å². The quantitative estimate of drug-likeness (QED) is 0.860. The zero-order valence-corrected chi connectivity index (χ0v) is 10.2. The number of aryl methyl sites for hydroxylation is 1. The zero-order chi connectivity index (χ0) is 13.1. The number of aliphatic carboxylic acids is 1. The maximum absolute atomic E-state index is 10.6. The van der Waals surface area contributed by atoms with Gasteiger partial charge in [0.05, 0.1) is 5.56 Å². The van der Waals surface area contributed by atoms with Gasteiger partial charge in [0.15, 0.2) is 5.82 Å². The summed E-state index contributed by atoms with van der Waals surface area (Å²) in [5.41, 5.74) is 0.792. The molecule has 0 saturated carbocycles. The first-order chi connectivity index (χ1) is 8.56. The van der Waals surface area contributed by atoms with E-state index in [1.807, 2.05) is 19.9 Å². The molecule has 0 fully saturated rings. The van der Waals surface area contributed by atoms with E-state index in [-0.39, 0.29) is 12.3 Å². The van der Waals surface area contributed by atoms with E-state index in [1.54, 1.807) is 10.9 Å². The number of carboxylic acids is 1. The summed E-state index contributed by atoms with van der Waals surface area (Å²) in [6.07, 6.45) is 1.67. The van der Waals surface area contributed by atoms with Gasteiger partial charge in [-0.05, 0) is 29.3 Å². The number of tetrazole rings is 1. The molecule has 0 spiro atoms. The van der Waals surface area contributed by atoms with Crippen LogP contribution in [0.1, 0.15) is 19.1 Å². The Morgan fingerprint density at radius 2 is 2.39 bits per heavy atom. The Kier molecular flexibility index (Phi) is 3.40. The van der Waals surface area contributed by atoms with Gasteiger partial charge >= 0.3 is 5.97 Å². The number of carbonyl (C=O) groups is 1. The number of nitrogens with zero attached hydrogens (tertiary/aromatic N) is 4. The van der Waals surface area contributed by atoms with E-state index >= 15 is 0 Å². The van der Waals surface area contributed by atoms with Crippen LogP contribution in [0, 0.1) is 12.8 Å². The van der Waals surface area contributed by atoms with Crippen LogP contribution in [0.5, 0.6) is 0 Å². The molecule has 2 heterocycles. The summed E-state index contributed by atoms with van der Waals surface area (Å²) in [4.78, 5) is 10.6. The third kappa shape index (κ3) is 2.73. The molecular weight excluding hydrogens is 236 g/mol. The Hall–Kier alpha value is -2.18. The summed E-state index contributed by atoms with van der Waals surface area (Å²) in [6.45, 7) is 4.14. The normalized spacial score (nSPS) is 12.6. The summed E-state index contributed by atoms with van der Waals surface area (Å²) < 4.78 is 6.80. The molecule has 18 heavy (non-hydrogen) atoms. The summed E-state index contributed by atoms with van der Waals surface area (Å²) in [5.74, 6) is 0.497. The van der Waals surface area contributed by atoms with Gasteiger partial charge in [-0.3, -0.25) is 4.79 Å². The fraction of sp³-hybridized carbons (Fsp3) is 0.455. The Balaban J connectivity index is 2.15. The van der Waals surface area contributed by atoms with Crippen molar-refractivity contribution >= 4 is 5.97 Å². The summed E-state index contributed by atoms with van der Waals surface area (Å²) in [6, 6.07) is 1.84. The third-order valence-electron chi connectivity index (χ3n) is 2.53. The summed E-state index contributed by atoms with van der Waals surface area (Å²) in [5, 5.41) is 20.1. The first-order valence-electron chi connectivity index (χ1n) is 5.59. The monoisotopic (exact) mass is 250 g/mol. The fourth-order valence-electron chi connectivity index (χ4n) is 1.75. The van der Waals surface area contributed by atoms with Gasteiger partial charge in [0, 0.05) is 13.0 Å². The zero-order valence-electron chi connectivity index (χ0n) is 10.2. The summed E-state index contributed by atoms with van der Waals surface area (Å²) in [7, 11) is 0. The molecule has 1 N–H and O–H groups in total. The number of aromatic nitrogens is 4. The first-order valence-corrected chi connectivity index (χ1v) is 5.59. The lowest BCUT2D eigenvalue weighted by atomic mass is 10.1. The number of carboxylic acid groups (broad SMARTS) is 1. The van der Waals surface area contributed by atoms with Gasteiger partial charge in [-0.15, -0.1) is 5.10 Å². The molecule has 7 nitrogen and oxygen atoms in total. The highest BCUT2D eigenvalue weighted by atomic mass is 16.4. The minimum atomic E-state index is -0.823. The molecular formula is C11H14N4O3. The van der Waals surface area contributed by atoms with Gasteiger partial charge in [0.1, 0.15) is 12.0 Å². The van der Waals surface area contributed by atoms with Crippen LogP contribution in [0.25, 0.3) is 11.4 Å². The van der Waals surface area contributed by atoms with Gasteiger partial charge < -0.3 is 9.52 Å². The first kappa shape index (κ1) is 12.3. The second kappa shape index (κ2) is 4.99. The molecule has 7 heteroatoms. The van der Waals surface area contributed by atoms with Crippen molar-refractivity contribution in [1.82, 2.24) is 20.2 Å². The predicted octanol–water partition coefficient (Wildman–Crippen LogP) is 1.35. The van der Waals surface area contributed by atoms with Crippen molar-refractivity contribution in [1.29, 1.82) is 0 Å². The molecule has 0 aliphatic carbocycles. The van der Waals surface area contributed by atoms with Crippen LogP contribution in [0.15, 0.2) is 16.7 Å². The lowest BCUT2D eigenvalue weighted by molar-refractivity contribution is -0.138. The molecule has 96 valence electrons. The lowest BCUT2D eigenvalue weighted by Gasteiger charge is -2.08. The van der Waals surface area contributed by atoms with Crippen LogP contribution in [-0.2, 0) is 11.3 Å². The third-order valence-corrected chi connectivity index (χ3v) is 2.53. The predicted molar refractivity (Wildman–Crippen MR) is 61.7 cm³/mol. The van der Waals surface area contributed by atoms with E-state index in [9.17, 15) is 4.79 Å². The van der Waals surface area contributed by atoms with Crippen molar-refractivity contribution in [2.75, 3.05) is 0 Å². The molecule has 0 amide bonds. The van der Waals surface area contributed by atoms with Crippen LogP contribution in [-0.4, -0.2) is 31.3 Å². The molecule has 0 bridgehead atoms. The molecule has 0 aromatic carbocycles. The molecule has 0 radical (unpaired) electrons. The van der Waals surface area contributed by atoms with E-state index in [2.05, 4.69) is 15.5 Å². The van der Waals surface area contributed by atoms with Crippen LogP contribution in [0.2, 0.25) is 0 Å². The van der Waals surface area contributed by atoms with E-state index in [4.69, 9.17) is 9.52 Å². The highest BCUT2D eigenvalue weighted by Crippen LogP contribution is 2.19. The van der Waals surface area contributed by atoms with Gasteiger partial charge in [-0.25, -0.2) is 4.68 Å². The number of hydrogen-bond donors (Lipinski definition) is 1. The van der Waals surface area contributed by atoms with Crippen molar-refractivity contribution in [2.24, 2.45) is 5.92 Å². The Labute approximate surface area is 103 Å². The van der Waals surface area contributed by atoms with Crippen molar-refractivity contribution in [2.45, 2.75) is 26.8 Å². The van der Waals surface area contributed by atoms with E-state index in [1.165, 1.54) is 0 Å². The van der Waals surface area contributed by atoms with E-state index in [0.29, 0.717) is 12.4 Å². The average molecular weight is 250 g/mol. The van der Waals surface area contributed by atoms with Crippen LogP contribution < -0.4 is 0 Å². The fourth-order valence-corrected chi connectivity index (χ4v) is 1.75. The maximum atomic E-state index is 10.6. The smallest absolute Gasteiger partial charge is 0.303 e. The number of rotatable bonds is 5. The molecule has 0 aliphatic rings. The van der Waals surface area contributed by atoms with Crippen LogP contribution >= 0.6 is 0 Å². The lowest BCUT2D eigenvalue weighted by Crippen LogP contribution is -2.14. The van der Waals surface area contributed by atoms with Crippen molar-refractivity contribution in [3.8, 4) is 11.4 Å². The summed E-state index contributed by atoms with van der Waals surface area (Å²) >= 11 is 0. The van der Waals surface area contributed by atoms with Crippen LogP contribution in [0.3, 0.4) is 0 Å². The standard InChI is InChI=1S/C11H14N4O3/c1-7(3-10(16)17)5-15-11(12-13-14-15)9-4-8(2)18-6-9/h4,6-7H,3,5H2,1-2H3,(H,16,17). The average Bonchev–Trinajstić information content (AvgIpc) is 2.85. The maximum Gasteiger partial charge on any atom is 0.303 e. The van der Waals surface area contributed by atoms with Gasteiger partial charge in [-0.2, -0.15) is 0 Å². The highest BCUT2D eigenvalue weighted by molar-refractivity contribution is 5.66. The largest absolute Gasteiger partial charge is 0.481 e. The molecule has 2 rings (SSSR count). The molecule has 2 aromatic rings. The second-order valence-corrected chi connectivity index (χ2v) is 4.33. The minimum absolute atomic E-state index is 0.0438. The molecule has 1 unspecified atom stereocenters. The molecule has 2 aromatic heterocycles. The SMILES string of the molecule is Cc1cc(-c2nnnn2CC(C)CC(=O)O)co1. The minimum Gasteiger partial charge on any atom is -0.481 e. The van der Waals surface area contributed by atoms with Crippen molar-refractivity contribution in [3.63, 3.8) is 0 Å². The topological polar surface area (TPSA) is 94.0 Å². The highest BCUT2D eigenvalue weighted by Gasteiger charge is 2.15. The number of hydrogen-bond acceptors (Lipinski definition) is 5. The van der Waals surface area contributed by atoms with Gasteiger partial charge in [0.25, 0.3) is 0 Å². The van der Waals surface area contributed by atoms with Gasteiger partial charge in [-0.1, -0.05) is 6.92 Å². The number of furan rings is 1. The Morgan fingerprint density at radius 1 is 1.61 bits per heavy atom. The van der Waals surface area contributed by atoms with E-state index in [0.717, 1.165) is 11.3 Å². The molecule has 1 atom stereocenters. The van der Waals surface area contributed by atoms with Crippen molar-refractivity contribution < 1.29 is 14.3 Å². The molecule has 0 saturated heterocycles. The molecule has 0 aliphatic heterocycles. The van der Waals surface area contributed by atoms with E-state index < -0.39 is 5.97 Å².